The van der Waals surface area contributed by atoms with E-state index in [1.54, 1.807) is 0 Å². The minimum Gasteiger partial charge on any atom is -0.391 e. The summed E-state index contributed by atoms with van der Waals surface area (Å²) in [6.07, 6.45) is 1.83. The van der Waals surface area contributed by atoms with Crippen molar-refractivity contribution in [2.45, 2.75) is 19.4 Å². The maximum absolute atomic E-state index is 5.28. The number of hydrogen-bond donors (Lipinski definition) is 0. The van der Waals surface area contributed by atoms with Crippen LogP contribution in [-0.4, -0.2) is 6.21 Å². The van der Waals surface area contributed by atoms with E-state index in [1.807, 2.05) is 54.7 Å². The smallest absolute Gasteiger partial charge is 0.142 e. The van der Waals surface area contributed by atoms with Gasteiger partial charge in [-0.25, -0.2) is 0 Å². The molecular weight excluding hydrogens is 222 g/mol. The van der Waals surface area contributed by atoms with Crippen molar-refractivity contribution >= 4 is 6.21 Å². The summed E-state index contributed by atoms with van der Waals surface area (Å²) in [5.74, 6) is 0.266. The van der Waals surface area contributed by atoms with Crippen LogP contribution < -0.4 is 0 Å². The Kier molecular flexibility index (Phi) is 4.53. The van der Waals surface area contributed by atoms with E-state index in [0.29, 0.717) is 6.61 Å². The fourth-order valence-corrected chi connectivity index (χ4v) is 1.66. The van der Waals surface area contributed by atoms with Crippen LogP contribution in [0.25, 0.3) is 0 Å². The van der Waals surface area contributed by atoms with Gasteiger partial charge in [0, 0.05) is 5.92 Å². The van der Waals surface area contributed by atoms with Crippen molar-refractivity contribution in [1.29, 1.82) is 0 Å². The van der Waals surface area contributed by atoms with Gasteiger partial charge >= 0.3 is 0 Å². The van der Waals surface area contributed by atoms with Gasteiger partial charge in [0.2, 0.25) is 0 Å². The molecule has 2 rings (SSSR count). The number of oxime groups is 1. The van der Waals surface area contributed by atoms with Gasteiger partial charge in [0.1, 0.15) is 6.61 Å². The Bertz CT molecular complexity index is 479. The van der Waals surface area contributed by atoms with Gasteiger partial charge in [-0.3, -0.25) is 0 Å². The van der Waals surface area contributed by atoms with Crippen LogP contribution in [0.15, 0.2) is 65.8 Å². The molecule has 18 heavy (non-hydrogen) atoms. The third kappa shape index (κ3) is 3.74. The lowest BCUT2D eigenvalue weighted by Gasteiger charge is -2.05. The highest BCUT2D eigenvalue weighted by Crippen LogP contribution is 2.12. The predicted octanol–water partition coefficient (Wildman–Crippen LogP) is 3.99. The second-order valence-electron chi connectivity index (χ2n) is 4.21. The summed E-state index contributed by atoms with van der Waals surface area (Å²) in [6.45, 7) is 2.61. The molecule has 0 N–H and O–H groups in total. The molecule has 2 aromatic carbocycles. The first-order chi connectivity index (χ1) is 8.86. The van der Waals surface area contributed by atoms with Gasteiger partial charge in [0.15, 0.2) is 0 Å². The van der Waals surface area contributed by atoms with Crippen molar-refractivity contribution in [1.82, 2.24) is 0 Å². The molecule has 0 aliphatic carbocycles. The van der Waals surface area contributed by atoms with Crippen molar-refractivity contribution in [3.05, 3.63) is 71.8 Å². The second-order valence-corrected chi connectivity index (χ2v) is 4.21. The van der Waals surface area contributed by atoms with Gasteiger partial charge in [0.25, 0.3) is 0 Å². The molecule has 0 saturated carbocycles. The van der Waals surface area contributed by atoms with Gasteiger partial charge in [0.05, 0.1) is 6.21 Å². The molecule has 0 heterocycles. The Morgan fingerprint density at radius 2 is 1.61 bits per heavy atom. The van der Waals surface area contributed by atoms with Crippen LogP contribution in [0.1, 0.15) is 24.0 Å². The topological polar surface area (TPSA) is 21.6 Å². The third-order valence-corrected chi connectivity index (χ3v) is 2.76. The number of nitrogens with zero attached hydrogens (tertiary/aromatic N) is 1. The maximum Gasteiger partial charge on any atom is 0.142 e. The first kappa shape index (κ1) is 12.4. The molecule has 0 aromatic heterocycles. The predicted molar refractivity (Wildman–Crippen MR) is 74.6 cm³/mol. The van der Waals surface area contributed by atoms with Crippen molar-refractivity contribution < 1.29 is 4.84 Å². The monoisotopic (exact) mass is 239 g/mol. The van der Waals surface area contributed by atoms with Crippen LogP contribution in [-0.2, 0) is 11.4 Å². The summed E-state index contributed by atoms with van der Waals surface area (Å²) in [5.41, 5.74) is 2.37. The zero-order valence-corrected chi connectivity index (χ0v) is 10.5. The van der Waals surface area contributed by atoms with E-state index < -0.39 is 0 Å². The van der Waals surface area contributed by atoms with Crippen LogP contribution in [0.5, 0.6) is 0 Å². The lowest BCUT2D eigenvalue weighted by Crippen LogP contribution is -1.95. The summed E-state index contributed by atoms with van der Waals surface area (Å²) in [7, 11) is 0. The first-order valence-corrected chi connectivity index (χ1v) is 6.10. The molecule has 2 nitrogen and oxygen atoms in total. The zero-order valence-electron chi connectivity index (χ0n) is 10.5. The largest absolute Gasteiger partial charge is 0.391 e. The maximum atomic E-state index is 5.28. The van der Waals surface area contributed by atoms with E-state index >= 15 is 0 Å². The third-order valence-electron chi connectivity index (χ3n) is 2.76. The molecule has 2 heteroatoms. The molecule has 0 saturated heterocycles. The second kappa shape index (κ2) is 6.60. The van der Waals surface area contributed by atoms with E-state index in [2.05, 4.69) is 24.2 Å². The average Bonchev–Trinajstić information content (AvgIpc) is 2.45. The van der Waals surface area contributed by atoms with Gasteiger partial charge in [-0.15, -0.1) is 0 Å². The normalized spacial score (nSPS) is 12.5. The Morgan fingerprint density at radius 1 is 1.00 bits per heavy atom. The summed E-state index contributed by atoms with van der Waals surface area (Å²) >= 11 is 0. The highest BCUT2D eigenvalue weighted by atomic mass is 16.6. The minimum atomic E-state index is 0.266. The average molecular weight is 239 g/mol. The fourth-order valence-electron chi connectivity index (χ4n) is 1.66. The van der Waals surface area contributed by atoms with Crippen LogP contribution in [0.3, 0.4) is 0 Å². The van der Waals surface area contributed by atoms with E-state index in [0.717, 1.165) is 5.56 Å². The molecule has 0 radical (unpaired) electrons. The molecule has 0 aliphatic rings. The molecule has 0 spiro atoms. The van der Waals surface area contributed by atoms with Crippen molar-refractivity contribution in [3.8, 4) is 0 Å². The molecule has 1 atom stereocenters. The van der Waals surface area contributed by atoms with Crippen LogP contribution >= 0.6 is 0 Å². The summed E-state index contributed by atoms with van der Waals surface area (Å²) < 4.78 is 0. The summed E-state index contributed by atoms with van der Waals surface area (Å²) in [5, 5.41) is 4.02. The first-order valence-electron chi connectivity index (χ1n) is 6.10. The zero-order chi connectivity index (χ0) is 12.6. The Hall–Kier alpha value is -2.09. The van der Waals surface area contributed by atoms with E-state index in [1.165, 1.54) is 5.56 Å². The van der Waals surface area contributed by atoms with Crippen molar-refractivity contribution in [2.75, 3.05) is 0 Å². The van der Waals surface area contributed by atoms with Crippen LogP contribution in [0.4, 0.5) is 0 Å². The van der Waals surface area contributed by atoms with Gasteiger partial charge in [-0.05, 0) is 11.1 Å². The van der Waals surface area contributed by atoms with E-state index in [9.17, 15) is 0 Å². The summed E-state index contributed by atoms with van der Waals surface area (Å²) in [6, 6.07) is 20.3. The lowest BCUT2D eigenvalue weighted by atomic mass is 10.0. The van der Waals surface area contributed by atoms with E-state index in [-0.39, 0.29) is 5.92 Å². The van der Waals surface area contributed by atoms with Crippen molar-refractivity contribution in [3.63, 3.8) is 0 Å². The molecule has 92 valence electrons. The Morgan fingerprint density at radius 3 is 2.28 bits per heavy atom. The highest BCUT2D eigenvalue weighted by Gasteiger charge is 2.00. The van der Waals surface area contributed by atoms with Crippen LogP contribution in [0, 0.1) is 0 Å². The Labute approximate surface area is 108 Å². The Balaban J connectivity index is 1.82. The SMILES string of the molecule is CC(/C=N\OCc1ccccc1)c1ccccc1. The number of benzene rings is 2. The number of rotatable bonds is 5. The van der Waals surface area contributed by atoms with Gasteiger partial charge < -0.3 is 4.84 Å². The van der Waals surface area contributed by atoms with Gasteiger partial charge in [-0.2, -0.15) is 0 Å². The fraction of sp³-hybridized carbons (Fsp3) is 0.188. The summed E-state index contributed by atoms with van der Waals surface area (Å²) in [4.78, 5) is 5.28. The molecule has 0 fully saturated rings. The van der Waals surface area contributed by atoms with Crippen LogP contribution in [0.2, 0.25) is 0 Å². The standard InChI is InChI=1S/C16H17NO/c1-14(16-10-6-3-7-11-16)12-17-18-13-15-8-4-2-5-9-15/h2-12,14H,13H2,1H3/b17-12-. The molecule has 0 bridgehead atoms. The quantitative estimate of drug-likeness (QED) is 0.571. The van der Waals surface area contributed by atoms with Gasteiger partial charge in [-0.1, -0.05) is 72.7 Å². The lowest BCUT2D eigenvalue weighted by molar-refractivity contribution is 0.131. The number of hydrogen-bond acceptors (Lipinski definition) is 2. The minimum absolute atomic E-state index is 0.266. The van der Waals surface area contributed by atoms with E-state index in [4.69, 9.17) is 4.84 Å². The molecule has 0 amide bonds. The molecular formula is C16H17NO. The van der Waals surface area contributed by atoms with Crippen molar-refractivity contribution in [2.24, 2.45) is 5.16 Å². The molecule has 2 aromatic rings. The molecule has 0 aliphatic heterocycles. The molecule has 1 unspecified atom stereocenters. The highest BCUT2D eigenvalue weighted by molar-refractivity contribution is 5.66.